The van der Waals surface area contributed by atoms with E-state index in [0.717, 1.165) is 12.1 Å². The van der Waals surface area contributed by atoms with E-state index >= 15 is 0 Å². The number of hydrogen-bond donors (Lipinski definition) is 1. The Morgan fingerprint density at radius 3 is 2.55 bits per heavy atom. The lowest BCUT2D eigenvalue weighted by molar-refractivity contribution is 0.372. The van der Waals surface area contributed by atoms with Crippen LogP contribution in [0, 0.1) is 5.82 Å². The summed E-state index contributed by atoms with van der Waals surface area (Å²) in [6, 6.07) is 4.37. The summed E-state index contributed by atoms with van der Waals surface area (Å²) in [4.78, 5) is 2.00. The van der Waals surface area contributed by atoms with Crippen LogP contribution in [0.3, 0.4) is 0 Å². The largest absolute Gasteiger partial charge is 0.494 e. The number of methoxy groups -OCH3 is 1. The standard InChI is InChI=1S/C14H22FN3O3S/c1-3-6-16-22(19,20)18-9-7-17(8-10-18)13-5-4-12(15)11-14(13)21-2/h4-5,11,16H,3,6-10H2,1-2H3. The van der Waals surface area contributed by atoms with Crippen LogP contribution in [0.1, 0.15) is 13.3 Å². The van der Waals surface area contributed by atoms with Gasteiger partial charge in [-0.25, -0.2) is 9.11 Å². The zero-order valence-corrected chi connectivity index (χ0v) is 13.7. The van der Waals surface area contributed by atoms with Crippen molar-refractivity contribution in [2.75, 3.05) is 44.7 Å². The quantitative estimate of drug-likeness (QED) is 0.851. The summed E-state index contributed by atoms with van der Waals surface area (Å²) < 4.78 is 46.6. The fourth-order valence-corrected chi connectivity index (χ4v) is 3.69. The third-order valence-corrected chi connectivity index (χ3v) is 5.21. The van der Waals surface area contributed by atoms with Crippen molar-refractivity contribution in [3.05, 3.63) is 24.0 Å². The van der Waals surface area contributed by atoms with E-state index in [0.29, 0.717) is 38.5 Å². The molecule has 1 aromatic rings. The topological polar surface area (TPSA) is 61.9 Å². The predicted molar refractivity (Wildman–Crippen MR) is 84.0 cm³/mol. The molecule has 0 amide bonds. The Balaban J connectivity index is 2.03. The minimum absolute atomic E-state index is 0.356. The minimum Gasteiger partial charge on any atom is -0.494 e. The van der Waals surface area contributed by atoms with Gasteiger partial charge in [-0.2, -0.15) is 12.7 Å². The molecule has 1 aliphatic heterocycles. The lowest BCUT2D eigenvalue weighted by atomic mass is 10.2. The van der Waals surface area contributed by atoms with Gasteiger partial charge in [0.05, 0.1) is 12.8 Å². The highest BCUT2D eigenvalue weighted by Gasteiger charge is 2.27. The summed E-state index contributed by atoms with van der Waals surface area (Å²) in [7, 11) is -1.91. The normalized spacial score (nSPS) is 16.8. The first kappa shape index (κ1) is 17.0. The van der Waals surface area contributed by atoms with Crippen LogP contribution in [-0.2, 0) is 10.2 Å². The van der Waals surface area contributed by atoms with E-state index < -0.39 is 10.2 Å². The molecule has 0 aliphatic carbocycles. The number of anilines is 1. The van der Waals surface area contributed by atoms with Gasteiger partial charge in [0.2, 0.25) is 0 Å². The van der Waals surface area contributed by atoms with Crippen molar-refractivity contribution in [3.63, 3.8) is 0 Å². The van der Waals surface area contributed by atoms with Gasteiger partial charge in [-0.15, -0.1) is 0 Å². The van der Waals surface area contributed by atoms with Crippen LogP contribution < -0.4 is 14.4 Å². The molecule has 1 saturated heterocycles. The maximum Gasteiger partial charge on any atom is 0.279 e. The van der Waals surface area contributed by atoms with Crippen LogP contribution >= 0.6 is 0 Å². The van der Waals surface area contributed by atoms with Crippen molar-refractivity contribution in [1.29, 1.82) is 0 Å². The van der Waals surface area contributed by atoms with Gasteiger partial charge in [0, 0.05) is 38.8 Å². The van der Waals surface area contributed by atoms with Crippen molar-refractivity contribution in [2.45, 2.75) is 13.3 Å². The highest BCUT2D eigenvalue weighted by molar-refractivity contribution is 7.87. The molecule has 0 atom stereocenters. The maximum absolute atomic E-state index is 13.2. The van der Waals surface area contributed by atoms with Crippen molar-refractivity contribution >= 4 is 15.9 Å². The van der Waals surface area contributed by atoms with Gasteiger partial charge < -0.3 is 9.64 Å². The van der Waals surface area contributed by atoms with Gasteiger partial charge >= 0.3 is 0 Å². The SMILES string of the molecule is CCCNS(=O)(=O)N1CCN(c2ccc(F)cc2OC)CC1. The molecule has 1 N–H and O–H groups in total. The Hall–Kier alpha value is -1.38. The van der Waals surface area contributed by atoms with Crippen LogP contribution in [-0.4, -0.2) is 52.6 Å². The third kappa shape index (κ3) is 3.88. The Bertz CT molecular complexity index is 601. The summed E-state index contributed by atoms with van der Waals surface area (Å²) in [6.07, 6.45) is 0.756. The zero-order valence-electron chi connectivity index (χ0n) is 12.9. The molecule has 1 aromatic carbocycles. The smallest absolute Gasteiger partial charge is 0.279 e. The van der Waals surface area contributed by atoms with E-state index in [2.05, 4.69) is 4.72 Å². The van der Waals surface area contributed by atoms with Gasteiger partial charge in [0.25, 0.3) is 10.2 Å². The number of rotatable bonds is 6. The third-order valence-electron chi connectivity index (χ3n) is 3.60. The summed E-state index contributed by atoms with van der Waals surface area (Å²) in [5.41, 5.74) is 0.780. The molecule has 1 aliphatic rings. The van der Waals surface area contributed by atoms with Gasteiger partial charge in [-0.1, -0.05) is 6.92 Å². The Morgan fingerprint density at radius 1 is 1.27 bits per heavy atom. The number of piperazine rings is 1. The maximum atomic E-state index is 13.2. The molecular weight excluding hydrogens is 309 g/mol. The lowest BCUT2D eigenvalue weighted by Gasteiger charge is -2.35. The van der Waals surface area contributed by atoms with Crippen LogP contribution in [0.15, 0.2) is 18.2 Å². The van der Waals surface area contributed by atoms with Crippen LogP contribution in [0.25, 0.3) is 0 Å². The molecule has 8 heteroatoms. The van der Waals surface area contributed by atoms with Crippen molar-refractivity contribution in [2.24, 2.45) is 0 Å². The molecule has 6 nitrogen and oxygen atoms in total. The number of halogens is 1. The molecule has 0 aromatic heterocycles. The van der Waals surface area contributed by atoms with Crippen molar-refractivity contribution < 1.29 is 17.5 Å². The zero-order chi connectivity index (χ0) is 16.2. The number of benzene rings is 1. The first-order valence-electron chi connectivity index (χ1n) is 7.31. The second-order valence-corrected chi connectivity index (χ2v) is 6.86. The highest BCUT2D eigenvalue weighted by Crippen LogP contribution is 2.29. The Kier molecular flexibility index (Phi) is 5.60. The molecule has 124 valence electrons. The monoisotopic (exact) mass is 331 g/mol. The molecule has 0 radical (unpaired) electrons. The molecule has 22 heavy (non-hydrogen) atoms. The summed E-state index contributed by atoms with van der Waals surface area (Å²) in [5, 5.41) is 0. The number of ether oxygens (including phenoxy) is 1. The fourth-order valence-electron chi connectivity index (χ4n) is 2.40. The van der Waals surface area contributed by atoms with Gasteiger partial charge in [0.15, 0.2) is 0 Å². The van der Waals surface area contributed by atoms with E-state index in [1.165, 1.54) is 23.5 Å². The molecule has 0 unspecified atom stereocenters. The molecule has 0 spiro atoms. The van der Waals surface area contributed by atoms with Crippen LogP contribution in [0.5, 0.6) is 5.75 Å². The predicted octanol–water partition coefficient (Wildman–Crippen LogP) is 1.20. The van der Waals surface area contributed by atoms with E-state index in [-0.39, 0.29) is 5.82 Å². The van der Waals surface area contributed by atoms with E-state index in [9.17, 15) is 12.8 Å². The van der Waals surface area contributed by atoms with E-state index in [4.69, 9.17) is 4.74 Å². The van der Waals surface area contributed by atoms with Crippen molar-refractivity contribution in [3.8, 4) is 5.75 Å². The summed E-state index contributed by atoms with van der Waals surface area (Å²) in [6.45, 7) is 4.21. The van der Waals surface area contributed by atoms with Crippen molar-refractivity contribution in [1.82, 2.24) is 9.03 Å². The fraction of sp³-hybridized carbons (Fsp3) is 0.571. The molecular formula is C14H22FN3O3S. The molecule has 0 saturated carbocycles. The highest BCUT2D eigenvalue weighted by atomic mass is 32.2. The second kappa shape index (κ2) is 7.26. The average molecular weight is 331 g/mol. The molecule has 2 rings (SSSR count). The van der Waals surface area contributed by atoms with Gasteiger partial charge in [-0.05, 0) is 18.6 Å². The number of nitrogens with zero attached hydrogens (tertiary/aromatic N) is 2. The lowest BCUT2D eigenvalue weighted by Crippen LogP contribution is -2.52. The Labute approximate surface area is 131 Å². The van der Waals surface area contributed by atoms with E-state index in [1.807, 2.05) is 11.8 Å². The number of hydrogen-bond acceptors (Lipinski definition) is 4. The van der Waals surface area contributed by atoms with Crippen LogP contribution in [0.4, 0.5) is 10.1 Å². The molecule has 1 fully saturated rings. The first-order chi connectivity index (χ1) is 10.5. The molecule has 0 bridgehead atoms. The Morgan fingerprint density at radius 2 is 1.95 bits per heavy atom. The van der Waals surface area contributed by atoms with E-state index in [1.54, 1.807) is 6.07 Å². The second-order valence-electron chi connectivity index (χ2n) is 5.10. The van der Waals surface area contributed by atoms with Crippen LogP contribution in [0.2, 0.25) is 0 Å². The average Bonchev–Trinajstić information content (AvgIpc) is 2.53. The van der Waals surface area contributed by atoms with Gasteiger partial charge in [0.1, 0.15) is 11.6 Å². The molecule has 1 heterocycles. The minimum atomic E-state index is -3.41. The summed E-state index contributed by atoms with van der Waals surface area (Å²) in [5.74, 6) is 0.103. The first-order valence-corrected chi connectivity index (χ1v) is 8.75. The number of nitrogens with one attached hydrogen (secondary N) is 1. The summed E-state index contributed by atoms with van der Waals surface area (Å²) >= 11 is 0. The van der Waals surface area contributed by atoms with Gasteiger partial charge in [-0.3, -0.25) is 0 Å².